The van der Waals surface area contributed by atoms with Crippen LogP contribution in [-0.2, 0) is 17.6 Å². The molecule has 1 aromatic heterocycles. The van der Waals surface area contributed by atoms with Crippen molar-refractivity contribution in [1.29, 1.82) is 0 Å². The Bertz CT molecular complexity index is 333. The van der Waals surface area contributed by atoms with Gasteiger partial charge in [-0.2, -0.15) is 0 Å². The molecule has 0 fully saturated rings. The Morgan fingerprint density at radius 2 is 2.00 bits per heavy atom. The highest BCUT2D eigenvalue weighted by atomic mass is 32.1. The van der Waals surface area contributed by atoms with E-state index in [2.05, 4.69) is 38.2 Å². The third kappa shape index (κ3) is 5.98. The summed E-state index contributed by atoms with van der Waals surface area (Å²) in [4.78, 5) is 3.03. The van der Waals surface area contributed by atoms with Crippen LogP contribution >= 0.6 is 11.3 Å². The monoisotopic (exact) mass is 269 g/mol. The van der Waals surface area contributed by atoms with Crippen molar-refractivity contribution in [3.63, 3.8) is 0 Å². The lowest BCUT2D eigenvalue weighted by Crippen LogP contribution is -2.31. The summed E-state index contributed by atoms with van der Waals surface area (Å²) >= 11 is 1.97. The van der Waals surface area contributed by atoms with Crippen LogP contribution < -0.4 is 5.32 Å². The number of nitrogens with one attached hydrogen (secondary N) is 1. The molecule has 1 rings (SSSR count). The fourth-order valence-electron chi connectivity index (χ4n) is 1.90. The third-order valence-electron chi connectivity index (χ3n) is 3.20. The molecule has 1 aromatic rings. The predicted molar refractivity (Wildman–Crippen MR) is 80.5 cm³/mol. The largest absolute Gasteiger partial charge is 0.383 e. The van der Waals surface area contributed by atoms with Crippen LogP contribution in [0.3, 0.4) is 0 Å². The first-order valence-electron chi connectivity index (χ1n) is 6.84. The summed E-state index contributed by atoms with van der Waals surface area (Å²) in [5, 5.41) is 3.46. The first-order chi connectivity index (χ1) is 8.57. The van der Waals surface area contributed by atoms with Gasteiger partial charge >= 0.3 is 0 Å². The van der Waals surface area contributed by atoms with Crippen molar-refractivity contribution in [1.82, 2.24) is 5.32 Å². The molecular weight excluding hydrogens is 242 g/mol. The van der Waals surface area contributed by atoms with E-state index in [9.17, 15) is 0 Å². The van der Waals surface area contributed by atoms with Gasteiger partial charge in [0.1, 0.15) is 0 Å². The molecule has 0 aromatic carbocycles. The Hall–Kier alpha value is -0.380. The molecule has 0 saturated heterocycles. The number of methoxy groups -OCH3 is 1. The second-order valence-electron chi connectivity index (χ2n) is 5.56. The first-order valence-corrected chi connectivity index (χ1v) is 7.66. The van der Waals surface area contributed by atoms with Crippen LogP contribution in [-0.4, -0.2) is 26.8 Å². The van der Waals surface area contributed by atoms with Gasteiger partial charge < -0.3 is 10.1 Å². The van der Waals surface area contributed by atoms with Gasteiger partial charge in [0.05, 0.1) is 6.61 Å². The molecule has 3 heteroatoms. The standard InChI is InChI=1S/C15H27NOS/c1-5-13-6-7-14(18-13)8-9-15(2,3)12-16-10-11-17-4/h6-7,16H,5,8-12H2,1-4H3. The third-order valence-corrected chi connectivity index (χ3v) is 4.49. The van der Waals surface area contributed by atoms with E-state index in [1.807, 2.05) is 11.3 Å². The minimum atomic E-state index is 0.351. The lowest BCUT2D eigenvalue weighted by atomic mass is 9.87. The van der Waals surface area contributed by atoms with Crippen molar-refractivity contribution in [2.24, 2.45) is 5.41 Å². The van der Waals surface area contributed by atoms with Gasteiger partial charge in [0, 0.05) is 30.0 Å². The zero-order chi connectivity index (χ0) is 13.4. The fourth-order valence-corrected chi connectivity index (χ4v) is 2.86. The number of thiophene rings is 1. The van der Waals surface area contributed by atoms with Crippen molar-refractivity contribution in [3.05, 3.63) is 21.9 Å². The second kappa shape index (κ2) is 7.93. The lowest BCUT2D eigenvalue weighted by Gasteiger charge is -2.24. The maximum absolute atomic E-state index is 5.04. The van der Waals surface area contributed by atoms with Crippen LogP contribution in [0.1, 0.15) is 36.9 Å². The summed E-state index contributed by atoms with van der Waals surface area (Å²) in [6, 6.07) is 4.56. The van der Waals surface area contributed by atoms with Gasteiger partial charge in [0.15, 0.2) is 0 Å². The molecule has 0 amide bonds. The van der Waals surface area contributed by atoms with Crippen LogP contribution in [0.2, 0.25) is 0 Å². The number of rotatable bonds is 9. The molecule has 0 aliphatic rings. The Labute approximate surface area is 116 Å². The Morgan fingerprint density at radius 3 is 2.61 bits per heavy atom. The molecule has 0 atom stereocenters. The Balaban J connectivity index is 2.27. The highest BCUT2D eigenvalue weighted by Gasteiger charge is 2.17. The van der Waals surface area contributed by atoms with E-state index in [1.165, 1.54) is 22.6 Å². The van der Waals surface area contributed by atoms with E-state index in [4.69, 9.17) is 4.74 Å². The van der Waals surface area contributed by atoms with Gasteiger partial charge in [-0.25, -0.2) is 0 Å². The summed E-state index contributed by atoms with van der Waals surface area (Å²) in [6.07, 6.45) is 3.59. The molecule has 0 saturated carbocycles. The smallest absolute Gasteiger partial charge is 0.0587 e. The van der Waals surface area contributed by atoms with Crippen molar-refractivity contribution in [3.8, 4) is 0 Å². The van der Waals surface area contributed by atoms with E-state index in [1.54, 1.807) is 7.11 Å². The molecule has 0 aliphatic carbocycles. The van der Waals surface area contributed by atoms with Crippen LogP contribution in [0.25, 0.3) is 0 Å². The Morgan fingerprint density at radius 1 is 1.28 bits per heavy atom. The van der Waals surface area contributed by atoms with E-state index in [-0.39, 0.29) is 0 Å². The molecule has 2 nitrogen and oxygen atoms in total. The lowest BCUT2D eigenvalue weighted by molar-refractivity contribution is 0.193. The van der Waals surface area contributed by atoms with Crippen LogP contribution in [0.5, 0.6) is 0 Å². The molecule has 0 bridgehead atoms. The van der Waals surface area contributed by atoms with Crippen molar-refractivity contribution in [2.45, 2.75) is 40.0 Å². The van der Waals surface area contributed by atoms with Gasteiger partial charge in [-0.1, -0.05) is 20.8 Å². The SMILES string of the molecule is CCc1ccc(CCC(C)(C)CNCCOC)s1. The maximum Gasteiger partial charge on any atom is 0.0587 e. The fraction of sp³-hybridized carbons (Fsp3) is 0.733. The predicted octanol–water partition coefficient (Wildman–Crippen LogP) is 3.51. The van der Waals surface area contributed by atoms with E-state index < -0.39 is 0 Å². The number of aryl methyl sites for hydroxylation is 2. The average Bonchev–Trinajstić information content (AvgIpc) is 2.80. The van der Waals surface area contributed by atoms with Crippen LogP contribution in [0.4, 0.5) is 0 Å². The molecule has 1 heterocycles. The van der Waals surface area contributed by atoms with E-state index in [0.29, 0.717) is 5.41 Å². The van der Waals surface area contributed by atoms with Crippen molar-refractivity contribution < 1.29 is 4.74 Å². The molecular formula is C15H27NOS. The van der Waals surface area contributed by atoms with Crippen molar-refractivity contribution >= 4 is 11.3 Å². The summed E-state index contributed by atoms with van der Waals surface area (Å²) in [6.45, 7) is 9.68. The molecule has 0 aliphatic heterocycles. The molecule has 1 N–H and O–H groups in total. The number of hydrogen-bond acceptors (Lipinski definition) is 3. The van der Waals surface area contributed by atoms with Gasteiger partial charge in [-0.15, -0.1) is 11.3 Å². The topological polar surface area (TPSA) is 21.3 Å². The van der Waals surface area contributed by atoms with Gasteiger partial charge in [-0.05, 0) is 36.8 Å². The maximum atomic E-state index is 5.04. The number of ether oxygens (including phenoxy) is 1. The highest BCUT2D eigenvalue weighted by molar-refractivity contribution is 7.11. The zero-order valence-electron chi connectivity index (χ0n) is 12.2. The van der Waals surface area contributed by atoms with E-state index in [0.717, 1.165) is 26.1 Å². The van der Waals surface area contributed by atoms with Crippen LogP contribution in [0, 0.1) is 5.41 Å². The molecule has 18 heavy (non-hydrogen) atoms. The quantitative estimate of drug-likeness (QED) is 0.693. The molecule has 104 valence electrons. The number of hydrogen-bond donors (Lipinski definition) is 1. The minimum Gasteiger partial charge on any atom is -0.383 e. The minimum absolute atomic E-state index is 0.351. The summed E-state index contributed by atoms with van der Waals surface area (Å²) in [7, 11) is 1.74. The van der Waals surface area contributed by atoms with Crippen LogP contribution in [0.15, 0.2) is 12.1 Å². The highest BCUT2D eigenvalue weighted by Crippen LogP contribution is 2.25. The van der Waals surface area contributed by atoms with Gasteiger partial charge in [0.25, 0.3) is 0 Å². The molecule has 0 spiro atoms. The average molecular weight is 269 g/mol. The van der Waals surface area contributed by atoms with E-state index >= 15 is 0 Å². The summed E-state index contributed by atoms with van der Waals surface area (Å²) in [5.74, 6) is 0. The summed E-state index contributed by atoms with van der Waals surface area (Å²) in [5.41, 5.74) is 0.351. The second-order valence-corrected chi connectivity index (χ2v) is 6.81. The zero-order valence-corrected chi connectivity index (χ0v) is 13.0. The Kier molecular flexibility index (Phi) is 6.90. The van der Waals surface area contributed by atoms with Gasteiger partial charge in [0.2, 0.25) is 0 Å². The van der Waals surface area contributed by atoms with Gasteiger partial charge in [-0.3, -0.25) is 0 Å². The van der Waals surface area contributed by atoms with Crippen molar-refractivity contribution in [2.75, 3.05) is 26.8 Å². The molecule has 0 radical (unpaired) electrons. The molecule has 0 unspecified atom stereocenters. The summed E-state index contributed by atoms with van der Waals surface area (Å²) < 4.78 is 5.04. The normalized spacial score (nSPS) is 12.0. The first kappa shape index (κ1) is 15.7.